The lowest BCUT2D eigenvalue weighted by atomic mass is 10.1. The Labute approximate surface area is 83.7 Å². The van der Waals surface area contributed by atoms with E-state index >= 15 is 0 Å². The quantitative estimate of drug-likeness (QED) is 0.627. The van der Waals surface area contributed by atoms with Crippen molar-refractivity contribution in [1.29, 1.82) is 0 Å². The second kappa shape index (κ2) is 3.22. The van der Waals surface area contributed by atoms with E-state index in [9.17, 15) is 0 Å². The predicted octanol–water partition coefficient (Wildman–Crippen LogP) is 3.31. The maximum atomic E-state index is 5.99. The zero-order valence-electron chi connectivity index (χ0n) is 7.88. The lowest BCUT2D eigenvalue weighted by molar-refractivity contribution is 0.254. The second-order valence-corrected chi connectivity index (χ2v) is 4.27. The molecule has 2 heteroatoms. The molecule has 0 spiro atoms. The van der Waals surface area contributed by atoms with Crippen molar-refractivity contribution in [2.75, 3.05) is 0 Å². The Bertz CT molecular complexity index is 320. The van der Waals surface area contributed by atoms with Crippen LogP contribution in [-0.4, -0.2) is 6.10 Å². The zero-order valence-corrected chi connectivity index (χ0v) is 8.64. The monoisotopic (exact) mass is 196 g/mol. The van der Waals surface area contributed by atoms with Gasteiger partial charge in [-0.05, 0) is 31.0 Å². The number of ether oxygens (including phenoxy) is 1. The Balaban J connectivity index is 2.35. The zero-order chi connectivity index (χ0) is 9.42. The van der Waals surface area contributed by atoms with Crippen molar-refractivity contribution >= 4 is 11.6 Å². The third kappa shape index (κ3) is 1.66. The maximum Gasteiger partial charge on any atom is 0.123 e. The molecule has 0 N–H and O–H groups in total. The van der Waals surface area contributed by atoms with E-state index < -0.39 is 0 Å². The molecule has 1 aliphatic rings. The predicted molar refractivity (Wildman–Crippen MR) is 54.5 cm³/mol. The van der Waals surface area contributed by atoms with Gasteiger partial charge < -0.3 is 4.74 Å². The average Bonchev–Trinajstić information content (AvgIpc) is 2.42. The molecule has 1 aromatic rings. The van der Waals surface area contributed by atoms with Crippen LogP contribution in [0.3, 0.4) is 0 Å². The lowest BCUT2D eigenvalue weighted by Crippen LogP contribution is -2.05. The van der Waals surface area contributed by atoms with Gasteiger partial charge in [0, 0.05) is 6.42 Å². The number of halogens is 1. The normalized spacial score (nSPS) is 22.2. The molecule has 2 atom stereocenters. The fraction of sp³-hybridized carbons (Fsp3) is 0.455. The van der Waals surface area contributed by atoms with E-state index in [0.717, 1.165) is 17.7 Å². The summed E-state index contributed by atoms with van der Waals surface area (Å²) in [7, 11) is 0. The summed E-state index contributed by atoms with van der Waals surface area (Å²) >= 11 is 5.99. The summed E-state index contributed by atoms with van der Waals surface area (Å²) < 4.78 is 5.64. The Kier molecular flexibility index (Phi) is 2.20. The van der Waals surface area contributed by atoms with Crippen molar-refractivity contribution in [2.45, 2.75) is 31.7 Å². The van der Waals surface area contributed by atoms with Gasteiger partial charge in [0.1, 0.15) is 11.9 Å². The van der Waals surface area contributed by atoms with Crippen molar-refractivity contribution in [1.82, 2.24) is 0 Å². The SMILES string of the molecule is CC1Cc2ccc(C(C)Cl)cc2O1. The van der Waals surface area contributed by atoms with E-state index in [0.29, 0.717) is 6.10 Å². The van der Waals surface area contributed by atoms with E-state index in [1.54, 1.807) is 0 Å². The molecule has 0 radical (unpaired) electrons. The standard InChI is InChI=1S/C11H13ClO/c1-7-5-10-4-3-9(8(2)12)6-11(10)13-7/h3-4,6-8H,5H2,1-2H3. The minimum Gasteiger partial charge on any atom is -0.490 e. The van der Waals surface area contributed by atoms with Gasteiger partial charge in [-0.25, -0.2) is 0 Å². The second-order valence-electron chi connectivity index (χ2n) is 3.62. The molecule has 0 amide bonds. The van der Waals surface area contributed by atoms with Crippen molar-refractivity contribution in [3.05, 3.63) is 29.3 Å². The molecule has 0 saturated carbocycles. The highest BCUT2D eigenvalue weighted by Gasteiger charge is 2.19. The molecule has 0 bridgehead atoms. The van der Waals surface area contributed by atoms with Crippen LogP contribution in [0.15, 0.2) is 18.2 Å². The Morgan fingerprint density at radius 2 is 2.31 bits per heavy atom. The van der Waals surface area contributed by atoms with Crippen molar-refractivity contribution in [2.24, 2.45) is 0 Å². The highest BCUT2D eigenvalue weighted by atomic mass is 35.5. The summed E-state index contributed by atoms with van der Waals surface area (Å²) in [5.41, 5.74) is 2.43. The van der Waals surface area contributed by atoms with Crippen molar-refractivity contribution in [3.8, 4) is 5.75 Å². The van der Waals surface area contributed by atoms with Crippen LogP contribution in [0.4, 0.5) is 0 Å². The highest BCUT2D eigenvalue weighted by molar-refractivity contribution is 6.20. The van der Waals surface area contributed by atoms with Crippen LogP contribution in [-0.2, 0) is 6.42 Å². The Hall–Kier alpha value is -0.690. The number of benzene rings is 1. The van der Waals surface area contributed by atoms with E-state index in [1.165, 1.54) is 5.56 Å². The number of fused-ring (bicyclic) bond motifs is 1. The summed E-state index contributed by atoms with van der Waals surface area (Å²) in [6, 6.07) is 6.25. The molecular weight excluding hydrogens is 184 g/mol. The van der Waals surface area contributed by atoms with Gasteiger partial charge in [0.25, 0.3) is 0 Å². The number of rotatable bonds is 1. The fourth-order valence-corrected chi connectivity index (χ4v) is 1.80. The topological polar surface area (TPSA) is 9.23 Å². The summed E-state index contributed by atoms with van der Waals surface area (Å²) in [6.45, 7) is 4.06. The van der Waals surface area contributed by atoms with Crippen LogP contribution >= 0.6 is 11.6 Å². The highest BCUT2D eigenvalue weighted by Crippen LogP contribution is 2.32. The van der Waals surface area contributed by atoms with Crippen molar-refractivity contribution < 1.29 is 4.74 Å². The first-order chi connectivity index (χ1) is 6.16. The Morgan fingerprint density at radius 1 is 1.54 bits per heavy atom. The van der Waals surface area contributed by atoms with Gasteiger partial charge in [0.05, 0.1) is 5.38 Å². The molecule has 0 saturated heterocycles. The number of hydrogen-bond acceptors (Lipinski definition) is 1. The molecule has 1 aromatic carbocycles. The Morgan fingerprint density at radius 3 is 3.00 bits per heavy atom. The molecule has 70 valence electrons. The van der Waals surface area contributed by atoms with Crippen LogP contribution in [0, 0.1) is 0 Å². The number of alkyl halides is 1. The molecule has 2 rings (SSSR count). The summed E-state index contributed by atoms with van der Waals surface area (Å²) in [5, 5.41) is 0.0600. The fourth-order valence-electron chi connectivity index (χ4n) is 1.67. The van der Waals surface area contributed by atoms with Gasteiger partial charge in [0.2, 0.25) is 0 Å². The van der Waals surface area contributed by atoms with E-state index in [4.69, 9.17) is 16.3 Å². The molecular formula is C11H13ClO. The third-order valence-electron chi connectivity index (χ3n) is 2.39. The van der Waals surface area contributed by atoms with Crippen LogP contribution in [0.2, 0.25) is 0 Å². The molecule has 2 unspecified atom stereocenters. The van der Waals surface area contributed by atoms with Gasteiger partial charge in [-0.3, -0.25) is 0 Å². The van der Waals surface area contributed by atoms with Crippen LogP contribution in [0.1, 0.15) is 30.4 Å². The molecule has 1 heterocycles. The van der Waals surface area contributed by atoms with Gasteiger partial charge in [-0.2, -0.15) is 0 Å². The minimum atomic E-state index is 0.0600. The smallest absolute Gasteiger partial charge is 0.123 e. The molecule has 0 fully saturated rings. The van der Waals surface area contributed by atoms with Gasteiger partial charge >= 0.3 is 0 Å². The molecule has 0 aliphatic carbocycles. The average molecular weight is 197 g/mol. The number of hydrogen-bond donors (Lipinski definition) is 0. The first kappa shape index (κ1) is 8.89. The summed E-state index contributed by atoms with van der Waals surface area (Å²) in [4.78, 5) is 0. The minimum absolute atomic E-state index is 0.0600. The summed E-state index contributed by atoms with van der Waals surface area (Å²) in [5.74, 6) is 1.01. The van der Waals surface area contributed by atoms with Gasteiger partial charge in [-0.15, -0.1) is 11.6 Å². The van der Waals surface area contributed by atoms with Gasteiger partial charge in [-0.1, -0.05) is 12.1 Å². The van der Waals surface area contributed by atoms with Gasteiger partial charge in [0.15, 0.2) is 0 Å². The van der Waals surface area contributed by atoms with Crippen LogP contribution in [0.5, 0.6) is 5.75 Å². The largest absolute Gasteiger partial charge is 0.490 e. The first-order valence-corrected chi connectivity index (χ1v) is 5.04. The van der Waals surface area contributed by atoms with Crippen LogP contribution < -0.4 is 4.74 Å². The van der Waals surface area contributed by atoms with E-state index in [-0.39, 0.29) is 5.38 Å². The molecule has 0 aromatic heterocycles. The molecule has 1 aliphatic heterocycles. The van der Waals surface area contributed by atoms with Crippen molar-refractivity contribution in [3.63, 3.8) is 0 Å². The van der Waals surface area contributed by atoms with E-state index in [2.05, 4.69) is 25.1 Å². The summed E-state index contributed by atoms with van der Waals surface area (Å²) in [6.07, 6.45) is 1.34. The van der Waals surface area contributed by atoms with Crippen LogP contribution in [0.25, 0.3) is 0 Å². The molecule has 1 nitrogen and oxygen atoms in total. The lowest BCUT2D eigenvalue weighted by Gasteiger charge is -2.06. The maximum absolute atomic E-state index is 5.99. The van der Waals surface area contributed by atoms with E-state index in [1.807, 2.05) is 6.92 Å². The third-order valence-corrected chi connectivity index (χ3v) is 2.64. The molecule has 13 heavy (non-hydrogen) atoms. The first-order valence-electron chi connectivity index (χ1n) is 4.60.